The normalized spacial score (nSPS) is 16.1. The molecular weight excluding hydrogens is 273 g/mol. The quantitative estimate of drug-likeness (QED) is 0.915. The second kappa shape index (κ2) is 5.19. The summed E-state index contributed by atoms with van der Waals surface area (Å²) >= 11 is 6.16. The zero-order valence-corrected chi connectivity index (χ0v) is 12.0. The van der Waals surface area contributed by atoms with Gasteiger partial charge in [-0.2, -0.15) is 0 Å². The van der Waals surface area contributed by atoms with Crippen molar-refractivity contribution in [3.05, 3.63) is 70.0 Å². The van der Waals surface area contributed by atoms with Crippen LogP contribution in [-0.4, -0.2) is 6.54 Å². The minimum absolute atomic E-state index is 0.116. The van der Waals surface area contributed by atoms with Crippen LogP contribution in [-0.2, 0) is 19.3 Å². The Morgan fingerprint density at radius 3 is 2.25 bits per heavy atom. The van der Waals surface area contributed by atoms with Crippen LogP contribution >= 0.6 is 11.6 Å². The van der Waals surface area contributed by atoms with E-state index < -0.39 is 0 Å². The molecule has 0 saturated carbocycles. The Morgan fingerprint density at radius 1 is 1.05 bits per heavy atom. The Morgan fingerprint density at radius 2 is 1.70 bits per heavy atom. The largest absolute Gasteiger partial charge is 0.330 e. The molecule has 2 N–H and O–H groups in total. The van der Waals surface area contributed by atoms with Crippen LogP contribution in [0.4, 0.5) is 4.39 Å². The Kier molecular flexibility index (Phi) is 3.53. The van der Waals surface area contributed by atoms with E-state index >= 15 is 0 Å². The zero-order chi connectivity index (χ0) is 14.2. The van der Waals surface area contributed by atoms with Crippen molar-refractivity contribution < 1.29 is 4.39 Å². The van der Waals surface area contributed by atoms with Crippen molar-refractivity contribution in [2.24, 2.45) is 11.1 Å². The van der Waals surface area contributed by atoms with Gasteiger partial charge < -0.3 is 5.73 Å². The summed E-state index contributed by atoms with van der Waals surface area (Å²) in [5.41, 5.74) is 9.15. The van der Waals surface area contributed by atoms with Crippen LogP contribution in [0.2, 0.25) is 5.02 Å². The van der Waals surface area contributed by atoms with Gasteiger partial charge in [0.2, 0.25) is 0 Å². The molecule has 2 aromatic carbocycles. The number of fused-ring (bicyclic) bond motifs is 1. The molecule has 1 aliphatic carbocycles. The molecule has 0 fully saturated rings. The third-order valence-corrected chi connectivity index (χ3v) is 4.65. The monoisotopic (exact) mass is 289 g/mol. The van der Waals surface area contributed by atoms with Crippen LogP contribution in [0.3, 0.4) is 0 Å². The van der Waals surface area contributed by atoms with Crippen molar-refractivity contribution in [2.75, 3.05) is 6.54 Å². The highest BCUT2D eigenvalue weighted by atomic mass is 35.5. The van der Waals surface area contributed by atoms with Gasteiger partial charge in [0.1, 0.15) is 5.82 Å². The van der Waals surface area contributed by atoms with Gasteiger partial charge in [0.15, 0.2) is 0 Å². The van der Waals surface area contributed by atoms with Gasteiger partial charge in [0.05, 0.1) is 0 Å². The molecule has 3 rings (SSSR count). The molecular formula is C17H17ClFN. The van der Waals surface area contributed by atoms with Crippen molar-refractivity contribution in [3.63, 3.8) is 0 Å². The van der Waals surface area contributed by atoms with Gasteiger partial charge in [0, 0.05) is 10.6 Å². The average molecular weight is 290 g/mol. The topological polar surface area (TPSA) is 26.0 Å². The summed E-state index contributed by atoms with van der Waals surface area (Å²) in [6.45, 7) is 0.534. The molecule has 104 valence electrons. The average Bonchev–Trinajstić information content (AvgIpc) is 2.82. The Balaban J connectivity index is 1.93. The highest BCUT2D eigenvalue weighted by Crippen LogP contribution is 2.40. The van der Waals surface area contributed by atoms with Crippen molar-refractivity contribution in [1.82, 2.24) is 0 Å². The summed E-state index contributed by atoms with van der Waals surface area (Å²) in [5, 5.41) is 0.494. The first kappa shape index (κ1) is 13.6. The summed E-state index contributed by atoms with van der Waals surface area (Å²) in [6, 6.07) is 13.2. The minimum atomic E-state index is -0.235. The summed E-state index contributed by atoms with van der Waals surface area (Å²) in [5.74, 6) is -0.235. The van der Waals surface area contributed by atoms with Crippen LogP contribution in [0.25, 0.3) is 0 Å². The second-order valence-electron chi connectivity index (χ2n) is 5.70. The van der Waals surface area contributed by atoms with Crippen LogP contribution in [0.1, 0.15) is 16.7 Å². The fourth-order valence-corrected chi connectivity index (χ4v) is 3.42. The fourth-order valence-electron chi connectivity index (χ4n) is 3.19. The molecule has 0 atom stereocenters. The predicted molar refractivity (Wildman–Crippen MR) is 80.5 cm³/mol. The molecule has 20 heavy (non-hydrogen) atoms. The van der Waals surface area contributed by atoms with Crippen molar-refractivity contribution in [1.29, 1.82) is 0 Å². The molecule has 0 heterocycles. The summed E-state index contributed by atoms with van der Waals surface area (Å²) in [4.78, 5) is 0. The lowest BCUT2D eigenvalue weighted by molar-refractivity contribution is 0.310. The van der Waals surface area contributed by atoms with Gasteiger partial charge in [-0.15, -0.1) is 0 Å². The van der Waals surface area contributed by atoms with Gasteiger partial charge in [0.25, 0.3) is 0 Å². The van der Waals surface area contributed by atoms with Crippen molar-refractivity contribution >= 4 is 11.6 Å². The third kappa shape index (κ3) is 2.34. The second-order valence-corrected chi connectivity index (χ2v) is 6.11. The lowest BCUT2D eigenvalue weighted by Crippen LogP contribution is -2.34. The molecule has 0 aromatic heterocycles. The van der Waals surface area contributed by atoms with Gasteiger partial charge in [-0.25, -0.2) is 4.39 Å². The summed E-state index contributed by atoms with van der Waals surface area (Å²) in [7, 11) is 0. The number of hydrogen-bond acceptors (Lipinski definition) is 1. The Labute approximate surface area is 123 Å². The van der Waals surface area contributed by atoms with Crippen LogP contribution in [0.15, 0.2) is 42.5 Å². The maximum absolute atomic E-state index is 14.0. The van der Waals surface area contributed by atoms with Crippen LogP contribution < -0.4 is 5.73 Å². The van der Waals surface area contributed by atoms with Gasteiger partial charge in [-0.3, -0.25) is 0 Å². The van der Waals surface area contributed by atoms with Crippen molar-refractivity contribution in [2.45, 2.75) is 19.3 Å². The Hall–Kier alpha value is -1.38. The lowest BCUT2D eigenvalue weighted by atomic mass is 9.79. The van der Waals surface area contributed by atoms with Crippen LogP contribution in [0, 0.1) is 11.2 Å². The van der Waals surface area contributed by atoms with E-state index in [1.54, 1.807) is 12.1 Å². The first-order chi connectivity index (χ1) is 9.63. The molecule has 0 aliphatic heterocycles. The number of benzene rings is 2. The molecule has 1 nitrogen and oxygen atoms in total. The summed E-state index contributed by atoms with van der Waals surface area (Å²) < 4.78 is 14.0. The first-order valence-electron chi connectivity index (χ1n) is 6.83. The fraction of sp³-hybridized carbons (Fsp3) is 0.294. The van der Waals surface area contributed by atoms with E-state index in [0.29, 0.717) is 23.6 Å². The Bertz CT molecular complexity index is 593. The SMILES string of the molecule is NCC1(Cc2c(F)cccc2Cl)Cc2ccccc2C1. The molecule has 0 saturated heterocycles. The standard InChI is InChI=1S/C17H17ClFN/c18-15-6-3-7-16(19)14(15)10-17(11-20)8-12-4-1-2-5-13(12)9-17/h1-7H,8-11,20H2. The van der Waals surface area contributed by atoms with Crippen molar-refractivity contribution in [3.8, 4) is 0 Å². The lowest BCUT2D eigenvalue weighted by Gasteiger charge is -2.28. The van der Waals surface area contributed by atoms with E-state index in [-0.39, 0.29) is 11.2 Å². The highest BCUT2D eigenvalue weighted by Gasteiger charge is 2.37. The molecule has 0 unspecified atom stereocenters. The van der Waals surface area contributed by atoms with E-state index in [9.17, 15) is 4.39 Å². The molecule has 1 aliphatic rings. The predicted octanol–water partition coefficient (Wildman–Crippen LogP) is 3.77. The first-order valence-corrected chi connectivity index (χ1v) is 7.21. The van der Waals surface area contributed by atoms with E-state index in [0.717, 1.165) is 12.8 Å². The van der Waals surface area contributed by atoms with Gasteiger partial charge >= 0.3 is 0 Å². The number of nitrogens with two attached hydrogens (primary N) is 1. The highest BCUT2D eigenvalue weighted by molar-refractivity contribution is 6.31. The number of hydrogen-bond donors (Lipinski definition) is 1. The van der Waals surface area contributed by atoms with E-state index in [1.165, 1.54) is 17.2 Å². The maximum Gasteiger partial charge on any atom is 0.127 e. The van der Waals surface area contributed by atoms with Gasteiger partial charge in [-0.05, 0) is 54.5 Å². The molecule has 3 heteroatoms. The molecule has 0 amide bonds. The minimum Gasteiger partial charge on any atom is -0.330 e. The third-order valence-electron chi connectivity index (χ3n) is 4.30. The zero-order valence-electron chi connectivity index (χ0n) is 11.2. The maximum atomic E-state index is 14.0. The molecule has 2 aromatic rings. The van der Waals surface area contributed by atoms with E-state index in [4.69, 9.17) is 17.3 Å². The molecule has 0 radical (unpaired) electrons. The molecule has 0 bridgehead atoms. The number of halogens is 2. The smallest absolute Gasteiger partial charge is 0.127 e. The van der Waals surface area contributed by atoms with Crippen LogP contribution in [0.5, 0.6) is 0 Å². The summed E-state index contributed by atoms with van der Waals surface area (Å²) in [6.07, 6.45) is 2.37. The van der Waals surface area contributed by atoms with E-state index in [1.807, 2.05) is 12.1 Å². The van der Waals surface area contributed by atoms with Gasteiger partial charge in [-0.1, -0.05) is 41.9 Å². The number of rotatable bonds is 3. The molecule has 0 spiro atoms. The van der Waals surface area contributed by atoms with E-state index in [2.05, 4.69) is 12.1 Å².